The number of methoxy groups -OCH3 is 1. The van der Waals surface area contributed by atoms with E-state index in [4.69, 9.17) is 18.6 Å². The van der Waals surface area contributed by atoms with Crippen molar-refractivity contribution in [1.82, 2.24) is 15.1 Å². The van der Waals surface area contributed by atoms with E-state index in [9.17, 15) is 13.2 Å². The van der Waals surface area contributed by atoms with E-state index >= 15 is 0 Å². The summed E-state index contributed by atoms with van der Waals surface area (Å²) in [6, 6.07) is 4.97. The van der Waals surface area contributed by atoms with Crippen LogP contribution in [0.2, 0.25) is 0 Å². The van der Waals surface area contributed by atoms with Crippen molar-refractivity contribution in [2.45, 2.75) is 17.7 Å². The molecule has 1 aromatic carbocycles. The molecule has 10 nitrogen and oxygen atoms in total. The van der Waals surface area contributed by atoms with Gasteiger partial charge in [-0.25, -0.2) is 8.42 Å². The first-order chi connectivity index (χ1) is 14.4. The molecule has 2 aliphatic rings. The van der Waals surface area contributed by atoms with Crippen molar-refractivity contribution in [3.05, 3.63) is 18.2 Å². The minimum atomic E-state index is -3.10. The van der Waals surface area contributed by atoms with Crippen LogP contribution in [-0.4, -0.2) is 79.8 Å². The molecule has 0 unspecified atom stereocenters. The van der Waals surface area contributed by atoms with Gasteiger partial charge in [0.05, 0.1) is 23.9 Å². The van der Waals surface area contributed by atoms with Crippen LogP contribution < -0.4 is 9.47 Å². The van der Waals surface area contributed by atoms with Crippen LogP contribution in [-0.2, 0) is 19.4 Å². The van der Waals surface area contributed by atoms with E-state index in [-0.39, 0.29) is 41.2 Å². The lowest BCUT2D eigenvalue weighted by Gasteiger charge is -2.27. The quantitative estimate of drug-likeness (QED) is 0.537. The molecule has 162 valence electrons. The molecule has 1 aromatic heterocycles. The third kappa shape index (κ3) is 4.71. The van der Waals surface area contributed by atoms with Crippen molar-refractivity contribution >= 4 is 27.5 Å². The number of sulfone groups is 1. The lowest BCUT2D eigenvalue weighted by molar-refractivity contribution is -0.130. The first-order valence-electron chi connectivity index (χ1n) is 9.30. The van der Waals surface area contributed by atoms with Gasteiger partial charge in [0.2, 0.25) is 18.6 Å². The lowest BCUT2D eigenvalue weighted by Crippen LogP contribution is -2.44. The summed E-state index contributed by atoms with van der Waals surface area (Å²) in [7, 11) is -1.56. The molecule has 12 heteroatoms. The van der Waals surface area contributed by atoms with Gasteiger partial charge in [0.1, 0.15) is 0 Å². The largest absolute Gasteiger partial charge is 0.454 e. The molecule has 1 fully saturated rings. The van der Waals surface area contributed by atoms with Crippen molar-refractivity contribution in [2.75, 3.05) is 44.3 Å². The van der Waals surface area contributed by atoms with E-state index in [1.807, 2.05) is 0 Å². The number of thioether (sulfide) groups is 1. The van der Waals surface area contributed by atoms with E-state index in [0.717, 1.165) is 11.8 Å². The topological polar surface area (TPSA) is 121 Å². The summed E-state index contributed by atoms with van der Waals surface area (Å²) in [5.41, 5.74) is 0.683. The summed E-state index contributed by atoms with van der Waals surface area (Å²) in [5.74, 6) is 1.53. The number of fused-ring (bicyclic) bond motifs is 1. The number of hydrogen-bond donors (Lipinski definition) is 0. The molecule has 4 rings (SSSR count). The van der Waals surface area contributed by atoms with Gasteiger partial charge in [-0.2, -0.15) is 0 Å². The Morgan fingerprint density at radius 2 is 2.13 bits per heavy atom. The standard InChI is InChI=1S/C18H21N3O7S2/c1-25-6-5-21(13-4-7-30(23,24)10-13)16(22)9-29-18-20-19-17(28-18)12-2-3-14-15(8-12)27-11-26-14/h2-3,8,13H,4-7,9-11H2,1H3/t13-/m1/s1. The average molecular weight is 456 g/mol. The molecular formula is C18H21N3O7S2. The second kappa shape index (κ2) is 8.82. The molecule has 1 saturated heterocycles. The van der Waals surface area contributed by atoms with Crippen LogP contribution in [0.15, 0.2) is 27.8 Å². The fraction of sp³-hybridized carbons (Fsp3) is 0.500. The second-order valence-electron chi connectivity index (χ2n) is 6.87. The van der Waals surface area contributed by atoms with Crippen LogP contribution in [0.25, 0.3) is 11.5 Å². The van der Waals surface area contributed by atoms with Gasteiger partial charge < -0.3 is 23.5 Å². The van der Waals surface area contributed by atoms with Crippen LogP contribution in [0.3, 0.4) is 0 Å². The number of nitrogens with zero attached hydrogens (tertiary/aromatic N) is 3. The highest BCUT2D eigenvalue weighted by Crippen LogP contribution is 2.36. The van der Waals surface area contributed by atoms with Gasteiger partial charge in [-0.3, -0.25) is 4.79 Å². The lowest BCUT2D eigenvalue weighted by atomic mass is 10.2. The number of ether oxygens (including phenoxy) is 3. The van der Waals surface area contributed by atoms with E-state index < -0.39 is 9.84 Å². The fourth-order valence-electron chi connectivity index (χ4n) is 3.34. The normalized spacial score (nSPS) is 19.2. The maximum Gasteiger partial charge on any atom is 0.277 e. The van der Waals surface area contributed by atoms with Crippen molar-refractivity contribution < 1.29 is 31.8 Å². The van der Waals surface area contributed by atoms with Crippen LogP contribution in [0.1, 0.15) is 6.42 Å². The summed E-state index contributed by atoms with van der Waals surface area (Å²) in [5, 5.41) is 8.26. The molecule has 2 aromatic rings. The molecule has 0 saturated carbocycles. The van der Waals surface area contributed by atoms with Crippen LogP contribution in [0, 0.1) is 0 Å². The zero-order valence-corrected chi connectivity index (χ0v) is 17.9. The van der Waals surface area contributed by atoms with Gasteiger partial charge in [0, 0.05) is 25.3 Å². The first kappa shape index (κ1) is 20.9. The first-order valence-corrected chi connectivity index (χ1v) is 12.1. The number of rotatable bonds is 8. The second-order valence-corrected chi connectivity index (χ2v) is 10.0. The predicted octanol–water partition coefficient (Wildman–Crippen LogP) is 1.22. The minimum absolute atomic E-state index is 0.0120. The molecular weight excluding hydrogens is 434 g/mol. The Balaban J connectivity index is 1.39. The Kier molecular flexibility index (Phi) is 6.16. The number of aromatic nitrogens is 2. The molecule has 1 atom stereocenters. The van der Waals surface area contributed by atoms with E-state index in [1.165, 1.54) is 0 Å². The summed E-state index contributed by atoms with van der Waals surface area (Å²) in [4.78, 5) is 14.3. The van der Waals surface area contributed by atoms with E-state index in [1.54, 1.807) is 30.2 Å². The molecule has 0 bridgehead atoms. The molecule has 0 aliphatic carbocycles. The number of amides is 1. The van der Waals surface area contributed by atoms with E-state index in [0.29, 0.717) is 42.5 Å². The average Bonchev–Trinajstić information content (AvgIpc) is 3.45. The van der Waals surface area contributed by atoms with Gasteiger partial charge >= 0.3 is 0 Å². The zero-order chi connectivity index (χ0) is 21.1. The third-order valence-corrected chi connectivity index (χ3v) is 7.40. The van der Waals surface area contributed by atoms with Crippen molar-refractivity contribution in [2.24, 2.45) is 0 Å². The summed E-state index contributed by atoms with van der Waals surface area (Å²) in [6.45, 7) is 0.845. The zero-order valence-electron chi connectivity index (χ0n) is 16.3. The number of carbonyl (C=O) groups excluding carboxylic acids is 1. The highest BCUT2D eigenvalue weighted by molar-refractivity contribution is 7.99. The number of benzene rings is 1. The Hall–Kier alpha value is -2.31. The fourth-order valence-corrected chi connectivity index (χ4v) is 5.72. The Morgan fingerprint density at radius 3 is 2.90 bits per heavy atom. The maximum absolute atomic E-state index is 12.8. The Labute approximate surface area is 177 Å². The van der Waals surface area contributed by atoms with Gasteiger partial charge in [0.25, 0.3) is 5.22 Å². The van der Waals surface area contributed by atoms with Crippen LogP contribution in [0.4, 0.5) is 0 Å². The number of hydrogen-bond acceptors (Lipinski definition) is 10. The number of carbonyl (C=O) groups is 1. The van der Waals surface area contributed by atoms with Crippen molar-refractivity contribution in [1.29, 1.82) is 0 Å². The molecule has 3 heterocycles. The highest BCUT2D eigenvalue weighted by atomic mass is 32.2. The van der Waals surface area contributed by atoms with Crippen LogP contribution >= 0.6 is 11.8 Å². The van der Waals surface area contributed by atoms with Gasteiger partial charge in [0.15, 0.2) is 21.3 Å². The third-order valence-electron chi connectivity index (χ3n) is 4.85. The summed E-state index contributed by atoms with van der Waals surface area (Å²) >= 11 is 1.11. The van der Waals surface area contributed by atoms with Crippen molar-refractivity contribution in [3.8, 4) is 23.0 Å². The SMILES string of the molecule is COCCN(C(=O)CSc1nnc(-c2ccc3c(c2)OCO3)o1)[C@@H]1CCS(=O)(=O)C1. The maximum atomic E-state index is 12.8. The smallest absolute Gasteiger partial charge is 0.277 e. The summed E-state index contributed by atoms with van der Waals surface area (Å²) < 4.78 is 45.0. The molecule has 0 N–H and O–H groups in total. The molecule has 30 heavy (non-hydrogen) atoms. The molecule has 2 aliphatic heterocycles. The van der Waals surface area contributed by atoms with Gasteiger partial charge in [-0.15, -0.1) is 10.2 Å². The molecule has 0 radical (unpaired) electrons. The van der Waals surface area contributed by atoms with E-state index in [2.05, 4.69) is 10.2 Å². The van der Waals surface area contributed by atoms with Gasteiger partial charge in [-0.05, 0) is 24.6 Å². The minimum Gasteiger partial charge on any atom is -0.454 e. The monoisotopic (exact) mass is 455 g/mol. The molecule has 1 amide bonds. The predicted molar refractivity (Wildman–Crippen MR) is 107 cm³/mol. The van der Waals surface area contributed by atoms with Gasteiger partial charge in [-0.1, -0.05) is 11.8 Å². The Morgan fingerprint density at radius 1 is 1.30 bits per heavy atom. The van der Waals surface area contributed by atoms with Crippen LogP contribution in [0.5, 0.6) is 11.5 Å². The van der Waals surface area contributed by atoms with Crippen molar-refractivity contribution in [3.63, 3.8) is 0 Å². The Bertz CT molecular complexity index is 1020. The highest BCUT2D eigenvalue weighted by Gasteiger charge is 2.34. The summed E-state index contributed by atoms with van der Waals surface area (Å²) in [6.07, 6.45) is 0.442. The molecule has 0 spiro atoms.